The number of hydrogen-bond donors (Lipinski definition) is 1. The zero-order chi connectivity index (χ0) is 11.5. The van der Waals surface area contributed by atoms with E-state index in [1.54, 1.807) is 6.20 Å². The van der Waals surface area contributed by atoms with Crippen molar-refractivity contribution in [2.24, 2.45) is 0 Å². The van der Waals surface area contributed by atoms with E-state index < -0.39 is 0 Å². The molecule has 16 heavy (non-hydrogen) atoms. The zero-order valence-electron chi connectivity index (χ0n) is 8.90. The molecule has 0 aliphatic heterocycles. The van der Waals surface area contributed by atoms with Crippen LogP contribution >= 0.6 is 27.5 Å². The van der Waals surface area contributed by atoms with Gasteiger partial charge in [-0.1, -0.05) is 18.9 Å². The molecule has 0 spiro atoms. The summed E-state index contributed by atoms with van der Waals surface area (Å²) in [6.45, 7) is 4.65. The highest BCUT2D eigenvalue weighted by Crippen LogP contribution is 2.21. The molecule has 2 rings (SSSR count). The lowest BCUT2D eigenvalue weighted by atomic mass is 10.2. The lowest BCUT2D eigenvalue weighted by Gasteiger charge is -1.98. The molecule has 0 atom stereocenters. The quantitative estimate of drug-likeness (QED) is 0.940. The van der Waals surface area contributed by atoms with Crippen molar-refractivity contribution >= 4 is 33.5 Å². The largest absolute Gasteiger partial charge is 0.408 e. The molecular formula is C9H11BrN4OS. The van der Waals surface area contributed by atoms with Crippen LogP contribution < -0.4 is 5.32 Å². The van der Waals surface area contributed by atoms with Crippen LogP contribution in [0.1, 0.15) is 30.5 Å². The van der Waals surface area contributed by atoms with Gasteiger partial charge in [0.15, 0.2) is 0 Å². The van der Waals surface area contributed by atoms with E-state index in [0.29, 0.717) is 18.5 Å². The van der Waals surface area contributed by atoms with Gasteiger partial charge in [-0.3, -0.25) is 0 Å². The average Bonchev–Trinajstić information content (AvgIpc) is 2.83. The molecule has 2 aromatic heterocycles. The number of rotatable bonds is 4. The van der Waals surface area contributed by atoms with Gasteiger partial charge in [-0.2, -0.15) is 4.37 Å². The summed E-state index contributed by atoms with van der Waals surface area (Å²) in [4.78, 5) is 1.10. The first kappa shape index (κ1) is 11.5. The molecule has 0 aliphatic rings. The number of hydrogen-bond acceptors (Lipinski definition) is 6. The minimum Gasteiger partial charge on any atom is -0.408 e. The molecular weight excluding hydrogens is 292 g/mol. The van der Waals surface area contributed by atoms with Gasteiger partial charge in [0.1, 0.15) is 0 Å². The third-order valence-corrected chi connectivity index (χ3v) is 3.67. The molecule has 86 valence electrons. The standard InChI is InChI=1S/C9H11BrN4OS/c1-5(2)8-13-14-9(15-8)11-4-7-6(10)3-12-16-7/h3,5H,4H2,1-2H3,(H,11,14). The maximum absolute atomic E-state index is 5.42. The Balaban J connectivity index is 1.97. The molecule has 0 saturated heterocycles. The van der Waals surface area contributed by atoms with Gasteiger partial charge in [0.05, 0.1) is 22.1 Å². The molecule has 0 fully saturated rings. The first-order valence-electron chi connectivity index (χ1n) is 4.83. The molecule has 0 amide bonds. The summed E-state index contributed by atoms with van der Waals surface area (Å²) in [5.74, 6) is 0.893. The first-order valence-corrected chi connectivity index (χ1v) is 6.39. The van der Waals surface area contributed by atoms with Gasteiger partial charge in [0.25, 0.3) is 0 Å². The minimum atomic E-state index is 0.248. The SMILES string of the molecule is CC(C)c1nnc(NCc2sncc2Br)o1. The Morgan fingerprint density at radius 3 is 2.88 bits per heavy atom. The predicted molar refractivity (Wildman–Crippen MR) is 65.5 cm³/mol. The van der Waals surface area contributed by atoms with Crippen molar-refractivity contribution in [3.8, 4) is 0 Å². The topological polar surface area (TPSA) is 63.8 Å². The van der Waals surface area contributed by atoms with Gasteiger partial charge in [-0.15, -0.1) is 5.10 Å². The molecule has 0 aliphatic carbocycles. The summed E-state index contributed by atoms with van der Waals surface area (Å²) in [6, 6.07) is 0.448. The summed E-state index contributed by atoms with van der Waals surface area (Å²) in [5.41, 5.74) is 0. The van der Waals surface area contributed by atoms with Crippen LogP contribution in [0.4, 0.5) is 6.01 Å². The van der Waals surface area contributed by atoms with Gasteiger partial charge in [0.2, 0.25) is 5.89 Å². The Kier molecular flexibility index (Phi) is 3.55. The molecule has 0 aromatic carbocycles. The number of halogens is 1. The highest BCUT2D eigenvalue weighted by molar-refractivity contribution is 9.10. The van der Waals surface area contributed by atoms with Crippen LogP contribution in [0.25, 0.3) is 0 Å². The van der Waals surface area contributed by atoms with Crippen molar-refractivity contribution < 1.29 is 4.42 Å². The monoisotopic (exact) mass is 302 g/mol. The summed E-state index contributed by atoms with van der Waals surface area (Å²) < 4.78 is 10.5. The molecule has 0 bridgehead atoms. The fourth-order valence-corrected chi connectivity index (χ4v) is 2.22. The molecule has 2 aromatic rings. The second kappa shape index (κ2) is 4.92. The van der Waals surface area contributed by atoms with E-state index in [2.05, 4.69) is 35.8 Å². The summed E-state index contributed by atoms with van der Waals surface area (Å²) in [6.07, 6.45) is 1.77. The van der Waals surface area contributed by atoms with Crippen LogP contribution in [0.15, 0.2) is 15.1 Å². The van der Waals surface area contributed by atoms with Crippen LogP contribution in [0.2, 0.25) is 0 Å². The predicted octanol–water partition coefficient (Wildman–Crippen LogP) is 3.02. The Hall–Kier alpha value is -0.950. The van der Waals surface area contributed by atoms with E-state index in [9.17, 15) is 0 Å². The summed E-state index contributed by atoms with van der Waals surface area (Å²) >= 11 is 4.84. The smallest absolute Gasteiger partial charge is 0.315 e. The second-order valence-corrected chi connectivity index (χ2v) is 5.29. The first-order chi connectivity index (χ1) is 7.66. The third kappa shape index (κ3) is 2.59. The summed E-state index contributed by atoms with van der Waals surface area (Å²) in [5, 5.41) is 10.9. The molecule has 7 heteroatoms. The highest BCUT2D eigenvalue weighted by atomic mass is 79.9. The van der Waals surface area contributed by atoms with Crippen molar-refractivity contribution in [3.63, 3.8) is 0 Å². The maximum atomic E-state index is 5.42. The van der Waals surface area contributed by atoms with E-state index in [-0.39, 0.29) is 5.92 Å². The Morgan fingerprint density at radius 1 is 1.50 bits per heavy atom. The van der Waals surface area contributed by atoms with E-state index in [0.717, 1.165) is 9.35 Å². The van der Waals surface area contributed by atoms with E-state index >= 15 is 0 Å². The van der Waals surface area contributed by atoms with Gasteiger partial charge in [-0.05, 0) is 27.5 Å². The fourth-order valence-electron chi connectivity index (χ4n) is 1.06. The van der Waals surface area contributed by atoms with Gasteiger partial charge < -0.3 is 9.73 Å². The van der Waals surface area contributed by atoms with E-state index in [1.165, 1.54) is 11.5 Å². The number of nitrogens with one attached hydrogen (secondary N) is 1. The van der Waals surface area contributed by atoms with E-state index in [1.807, 2.05) is 13.8 Å². The minimum absolute atomic E-state index is 0.248. The van der Waals surface area contributed by atoms with Crippen LogP contribution in [0, 0.1) is 0 Å². The second-order valence-electron chi connectivity index (χ2n) is 3.55. The van der Waals surface area contributed by atoms with Crippen molar-refractivity contribution in [2.75, 3.05) is 5.32 Å². The van der Waals surface area contributed by atoms with Gasteiger partial charge in [-0.25, -0.2) is 0 Å². The van der Waals surface area contributed by atoms with Crippen LogP contribution in [0.3, 0.4) is 0 Å². The molecule has 0 saturated carbocycles. The molecule has 5 nitrogen and oxygen atoms in total. The molecule has 2 heterocycles. The Morgan fingerprint density at radius 2 is 2.31 bits per heavy atom. The average molecular weight is 303 g/mol. The number of anilines is 1. The fraction of sp³-hybridized carbons (Fsp3) is 0.444. The lowest BCUT2D eigenvalue weighted by molar-refractivity contribution is 0.480. The van der Waals surface area contributed by atoms with Crippen LogP contribution in [-0.2, 0) is 6.54 Å². The summed E-state index contributed by atoms with van der Waals surface area (Å²) in [7, 11) is 0. The van der Waals surface area contributed by atoms with Crippen molar-refractivity contribution in [1.29, 1.82) is 0 Å². The zero-order valence-corrected chi connectivity index (χ0v) is 11.3. The van der Waals surface area contributed by atoms with Gasteiger partial charge >= 0.3 is 6.01 Å². The molecule has 0 radical (unpaired) electrons. The van der Waals surface area contributed by atoms with Crippen molar-refractivity contribution in [2.45, 2.75) is 26.3 Å². The number of nitrogens with zero attached hydrogens (tertiary/aromatic N) is 3. The lowest BCUT2D eigenvalue weighted by Crippen LogP contribution is -1.97. The number of aromatic nitrogens is 3. The Labute approximate surface area is 106 Å². The Bertz CT molecular complexity index is 468. The van der Waals surface area contributed by atoms with Crippen molar-refractivity contribution in [3.05, 3.63) is 21.4 Å². The van der Waals surface area contributed by atoms with Crippen molar-refractivity contribution in [1.82, 2.24) is 14.6 Å². The van der Waals surface area contributed by atoms with Crippen LogP contribution in [-0.4, -0.2) is 14.6 Å². The normalized spacial score (nSPS) is 11.0. The van der Waals surface area contributed by atoms with Gasteiger partial charge in [0, 0.05) is 5.92 Å². The van der Waals surface area contributed by atoms with Crippen LogP contribution in [0.5, 0.6) is 0 Å². The molecule has 1 N–H and O–H groups in total. The van der Waals surface area contributed by atoms with E-state index in [4.69, 9.17) is 4.42 Å². The maximum Gasteiger partial charge on any atom is 0.315 e. The highest BCUT2D eigenvalue weighted by Gasteiger charge is 2.10. The molecule has 0 unspecified atom stereocenters. The third-order valence-electron chi connectivity index (χ3n) is 1.93.